The average molecular weight is 234 g/mol. The van der Waals surface area contributed by atoms with E-state index in [4.69, 9.17) is 4.74 Å². The number of carbonyl (C=O) groups excluding carboxylic acids is 2. The number of azo groups is 1. The highest BCUT2D eigenvalue weighted by Gasteiger charge is 2.24. The first-order chi connectivity index (χ1) is 8.15. The summed E-state index contributed by atoms with van der Waals surface area (Å²) in [5.41, 5.74) is 0.586. The summed E-state index contributed by atoms with van der Waals surface area (Å²) in [7, 11) is 0. The molecule has 0 amide bonds. The number of carbonyl (C=O) groups is 2. The van der Waals surface area contributed by atoms with Crippen LogP contribution in [0.4, 0.5) is 5.69 Å². The summed E-state index contributed by atoms with van der Waals surface area (Å²) in [6.45, 7) is 3.17. The van der Waals surface area contributed by atoms with E-state index in [9.17, 15) is 9.59 Å². The Bertz CT molecular complexity index is 415. The molecule has 0 heterocycles. The van der Waals surface area contributed by atoms with Crippen molar-refractivity contribution in [3.8, 4) is 0 Å². The smallest absolute Gasteiger partial charge is 0.340 e. The summed E-state index contributed by atoms with van der Waals surface area (Å²) < 4.78 is 4.74. The minimum atomic E-state index is -1.17. The van der Waals surface area contributed by atoms with Gasteiger partial charge in [-0.2, -0.15) is 10.2 Å². The van der Waals surface area contributed by atoms with E-state index in [1.54, 1.807) is 31.2 Å². The molecular weight excluding hydrogens is 220 g/mol. The first kappa shape index (κ1) is 13.0. The lowest BCUT2D eigenvalue weighted by Gasteiger charge is -2.06. The summed E-state index contributed by atoms with van der Waals surface area (Å²) in [6, 6.07) is 7.71. The van der Waals surface area contributed by atoms with Gasteiger partial charge < -0.3 is 4.74 Å². The predicted octanol–water partition coefficient (Wildman–Crippen LogP) is 2.29. The van der Waals surface area contributed by atoms with Crippen molar-refractivity contribution in [3.63, 3.8) is 0 Å². The Balaban J connectivity index is 2.77. The number of hydrogen-bond donors (Lipinski definition) is 0. The van der Waals surface area contributed by atoms with Crippen LogP contribution in [0, 0.1) is 0 Å². The zero-order chi connectivity index (χ0) is 12.7. The van der Waals surface area contributed by atoms with Crippen molar-refractivity contribution < 1.29 is 14.3 Å². The molecule has 0 aliphatic heterocycles. The molecule has 0 aliphatic carbocycles. The molecule has 1 atom stereocenters. The molecule has 0 saturated heterocycles. The van der Waals surface area contributed by atoms with Gasteiger partial charge >= 0.3 is 5.97 Å². The van der Waals surface area contributed by atoms with Crippen molar-refractivity contribution in [2.75, 3.05) is 6.61 Å². The van der Waals surface area contributed by atoms with E-state index >= 15 is 0 Å². The molecule has 0 saturated carbocycles. The zero-order valence-corrected chi connectivity index (χ0v) is 9.79. The van der Waals surface area contributed by atoms with Crippen LogP contribution in [-0.2, 0) is 14.3 Å². The molecule has 0 N–H and O–H groups in total. The number of Topliss-reactive ketones (excluding diaryl/α,β-unsaturated/α-hetero) is 1. The van der Waals surface area contributed by atoms with Gasteiger partial charge in [0.2, 0.25) is 6.04 Å². The average Bonchev–Trinajstić information content (AvgIpc) is 2.30. The monoisotopic (exact) mass is 234 g/mol. The van der Waals surface area contributed by atoms with Crippen LogP contribution in [-0.4, -0.2) is 24.4 Å². The SMILES string of the molecule is CCOC(=O)[C@@H](N=Nc1ccccc1)C(C)=O. The highest BCUT2D eigenvalue weighted by molar-refractivity contribution is 6.02. The minimum absolute atomic E-state index is 0.212. The van der Waals surface area contributed by atoms with Crippen LogP contribution in [0.25, 0.3) is 0 Å². The second-order valence-corrected chi connectivity index (χ2v) is 3.32. The highest BCUT2D eigenvalue weighted by Crippen LogP contribution is 2.12. The highest BCUT2D eigenvalue weighted by atomic mass is 16.5. The standard InChI is InChI=1S/C12H14N2O3/c1-3-17-12(16)11(9(2)15)14-13-10-7-5-4-6-8-10/h4-8,11H,3H2,1-2H3/t11-/m0/s1. The van der Waals surface area contributed by atoms with E-state index in [1.165, 1.54) is 6.92 Å². The lowest BCUT2D eigenvalue weighted by Crippen LogP contribution is -2.28. The van der Waals surface area contributed by atoms with E-state index in [1.807, 2.05) is 6.07 Å². The van der Waals surface area contributed by atoms with Crippen LogP contribution in [0.2, 0.25) is 0 Å². The molecule has 0 aromatic heterocycles. The van der Waals surface area contributed by atoms with Crippen LogP contribution < -0.4 is 0 Å². The maximum absolute atomic E-state index is 11.4. The third kappa shape index (κ3) is 4.14. The first-order valence-corrected chi connectivity index (χ1v) is 5.28. The molecule has 5 heteroatoms. The predicted molar refractivity (Wildman–Crippen MR) is 62.1 cm³/mol. The largest absolute Gasteiger partial charge is 0.464 e. The summed E-state index contributed by atoms with van der Waals surface area (Å²) in [6.07, 6.45) is 0. The molecular formula is C12H14N2O3. The number of benzene rings is 1. The van der Waals surface area contributed by atoms with Crippen molar-refractivity contribution in [2.24, 2.45) is 10.2 Å². The van der Waals surface area contributed by atoms with E-state index in [2.05, 4.69) is 10.2 Å². The molecule has 0 radical (unpaired) electrons. The van der Waals surface area contributed by atoms with Crippen LogP contribution in [0.5, 0.6) is 0 Å². The van der Waals surface area contributed by atoms with Gasteiger partial charge in [-0.25, -0.2) is 4.79 Å². The van der Waals surface area contributed by atoms with E-state index < -0.39 is 12.0 Å². The third-order valence-corrected chi connectivity index (χ3v) is 1.94. The lowest BCUT2D eigenvalue weighted by molar-refractivity contribution is -0.147. The molecule has 1 aromatic rings. The molecule has 0 bridgehead atoms. The van der Waals surface area contributed by atoms with E-state index in [-0.39, 0.29) is 12.4 Å². The molecule has 0 fully saturated rings. The summed E-state index contributed by atoms with van der Waals surface area (Å²) in [4.78, 5) is 22.6. The van der Waals surface area contributed by atoms with Crippen LogP contribution in [0.3, 0.4) is 0 Å². The Labute approximate surface area is 99.5 Å². The second kappa shape index (κ2) is 6.52. The lowest BCUT2D eigenvalue weighted by atomic mass is 10.2. The number of rotatable bonds is 5. The Kier molecular flexibility index (Phi) is 5.00. The van der Waals surface area contributed by atoms with Gasteiger partial charge in [0, 0.05) is 0 Å². The molecule has 17 heavy (non-hydrogen) atoms. The van der Waals surface area contributed by atoms with Gasteiger partial charge in [0.1, 0.15) is 0 Å². The number of ether oxygens (including phenoxy) is 1. The number of hydrogen-bond acceptors (Lipinski definition) is 5. The van der Waals surface area contributed by atoms with Gasteiger partial charge in [-0.15, -0.1) is 0 Å². The van der Waals surface area contributed by atoms with Gasteiger partial charge in [0.05, 0.1) is 12.3 Å². The summed E-state index contributed by atoms with van der Waals surface area (Å²) in [5, 5.41) is 7.55. The van der Waals surface area contributed by atoms with Gasteiger partial charge in [-0.05, 0) is 26.0 Å². The Morgan fingerprint density at radius 1 is 1.29 bits per heavy atom. The Morgan fingerprint density at radius 3 is 2.47 bits per heavy atom. The van der Waals surface area contributed by atoms with Crippen molar-refractivity contribution >= 4 is 17.4 Å². The minimum Gasteiger partial charge on any atom is -0.464 e. The normalized spacial score (nSPS) is 12.4. The third-order valence-electron chi connectivity index (χ3n) is 1.94. The van der Waals surface area contributed by atoms with Crippen molar-refractivity contribution in [1.29, 1.82) is 0 Å². The summed E-state index contributed by atoms with van der Waals surface area (Å²) in [5.74, 6) is -1.05. The fourth-order valence-corrected chi connectivity index (χ4v) is 1.13. The van der Waals surface area contributed by atoms with Gasteiger partial charge in [-0.1, -0.05) is 18.2 Å². The van der Waals surface area contributed by atoms with Gasteiger partial charge in [0.15, 0.2) is 5.78 Å². The molecule has 90 valence electrons. The molecule has 0 spiro atoms. The quantitative estimate of drug-likeness (QED) is 0.446. The van der Waals surface area contributed by atoms with Crippen molar-refractivity contribution in [3.05, 3.63) is 30.3 Å². The molecule has 1 rings (SSSR count). The van der Waals surface area contributed by atoms with Crippen LogP contribution in [0.15, 0.2) is 40.6 Å². The van der Waals surface area contributed by atoms with Crippen LogP contribution >= 0.6 is 0 Å². The Morgan fingerprint density at radius 2 is 1.94 bits per heavy atom. The van der Waals surface area contributed by atoms with Gasteiger partial charge in [-0.3, -0.25) is 4.79 Å². The van der Waals surface area contributed by atoms with Crippen molar-refractivity contribution in [2.45, 2.75) is 19.9 Å². The topological polar surface area (TPSA) is 68.1 Å². The van der Waals surface area contributed by atoms with E-state index in [0.29, 0.717) is 5.69 Å². The number of ketones is 1. The van der Waals surface area contributed by atoms with E-state index in [0.717, 1.165) is 0 Å². The maximum Gasteiger partial charge on any atom is 0.340 e. The fourth-order valence-electron chi connectivity index (χ4n) is 1.13. The maximum atomic E-state index is 11.4. The molecule has 0 unspecified atom stereocenters. The number of nitrogens with zero attached hydrogens (tertiary/aromatic N) is 2. The zero-order valence-electron chi connectivity index (χ0n) is 9.79. The van der Waals surface area contributed by atoms with Crippen LogP contribution in [0.1, 0.15) is 13.8 Å². The second-order valence-electron chi connectivity index (χ2n) is 3.32. The fraction of sp³-hybridized carbons (Fsp3) is 0.333. The Hall–Kier alpha value is -2.04. The summed E-state index contributed by atoms with van der Waals surface area (Å²) >= 11 is 0. The number of esters is 1. The molecule has 5 nitrogen and oxygen atoms in total. The van der Waals surface area contributed by atoms with Crippen molar-refractivity contribution in [1.82, 2.24) is 0 Å². The molecule has 0 aliphatic rings. The molecule has 1 aromatic carbocycles. The van der Waals surface area contributed by atoms with Gasteiger partial charge in [0.25, 0.3) is 0 Å². The first-order valence-electron chi connectivity index (χ1n) is 5.28.